The first-order valence-electron chi connectivity index (χ1n) is 10.1. The molecule has 0 amide bonds. The molecule has 1 unspecified atom stereocenters. The highest BCUT2D eigenvalue weighted by molar-refractivity contribution is 9.10. The number of nitrogens with zero attached hydrogens (tertiary/aromatic N) is 1. The SMILES string of the molecule is NS(=O)(=O)NCCCCC(NCC(=O)c1ccccc1)c1csc(-c2cccc(Br)c2)n1. The number of thiazole rings is 1. The van der Waals surface area contributed by atoms with Gasteiger partial charge in [0.15, 0.2) is 5.78 Å². The monoisotopic (exact) mass is 536 g/mol. The van der Waals surface area contributed by atoms with Crippen molar-refractivity contribution in [2.24, 2.45) is 5.14 Å². The van der Waals surface area contributed by atoms with Gasteiger partial charge in [-0.15, -0.1) is 11.3 Å². The van der Waals surface area contributed by atoms with Crippen molar-refractivity contribution in [2.75, 3.05) is 13.1 Å². The number of nitrogens with one attached hydrogen (secondary N) is 2. The molecule has 10 heteroatoms. The van der Waals surface area contributed by atoms with E-state index in [4.69, 9.17) is 10.1 Å². The summed E-state index contributed by atoms with van der Waals surface area (Å²) in [5.41, 5.74) is 2.54. The number of ketones is 1. The fourth-order valence-corrected chi connectivity index (χ4v) is 4.88. The van der Waals surface area contributed by atoms with Gasteiger partial charge in [-0.25, -0.2) is 14.8 Å². The Labute approximate surface area is 200 Å². The maximum Gasteiger partial charge on any atom is 0.274 e. The zero-order chi connectivity index (χ0) is 23.0. The molecule has 1 heterocycles. The summed E-state index contributed by atoms with van der Waals surface area (Å²) in [5.74, 6) is 0.00827. The second kappa shape index (κ2) is 11.8. The van der Waals surface area contributed by atoms with Gasteiger partial charge in [0.1, 0.15) is 5.01 Å². The summed E-state index contributed by atoms with van der Waals surface area (Å²) in [4.78, 5) is 17.4. The second-order valence-corrected chi connectivity index (χ2v) is 10.4. The van der Waals surface area contributed by atoms with E-state index in [0.29, 0.717) is 18.4 Å². The third-order valence-corrected chi connectivity index (χ3v) is 6.79. The number of halogens is 1. The Kier molecular flexibility index (Phi) is 9.09. The normalized spacial score (nSPS) is 12.6. The van der Waals surface area contributed by atoms with Crippen LogP contribution in [0.1, 0.15) is 41.4 Å². The van der Waals surface area contributed by atoms with Crippen molar-refractivity contribution < 1.29 is 13.2 Å². The van der Waals surface area contributed by atoms with Gasteiger partial charge in [-0.05, 0) is 25.0 Å². The summed E-state index contributed by atoms with van der Waals surface area (Å²) < 4.78 is 25.3. The third kappa shape index (κ3) is 7.88. The third-order valence-electron chi connectivity index (χ3n) is 4.78. The summed E-state index contributed by atoms with van der Waals surface area (Å²) in [6, 6.07) is 17.0. The molecule has 0 aliphatic heterocycles. The van der Waals surface area contributed by atoms with E-state index in [1.54, 1.807) is 23.5 Å². The predicted octanol–water partition coefficient (Wildman–Crippen LogP) is 4.05. The molecule has 1 aromatic heterocycles. The number of Topliss-reactive ketones (excluding diaryl/α,β-unsaturated/α-hetero) is 1. The van der Waals surface area contributed by atoms with E-state index in [0.717, 1.165) is 27.2 Å². The lowest BCUT2D eigenvalue weighted by Gasteiger charge is -2.17. The van der Waals surface area contributed by atoms with E-state index in [-0.39, 0.29) is 24.9 Å². The van der Waals surface area contributed by atoms with E-state index in [1.165, 1.54) is 0 Å². The van der Waals surface area contributed by atoms with Crippen LogP contribution in [0.3, 0.4) is 0 Å². The minimum atomic E-state index is -3.68. The van der Waals surface area contributed by atoms with E-state index >= 15 is 0 Å². The maximum absolute atomic E-state index is 12.6. The van der Waals surface area contributed by atoms with Gasteiger partial charge >= 0.3 is 0 Å². The van der Waals surface area contributed by atoms with Gasteiger partial charge in [-0.3, -0.25) is 4.79 Å². The Morgan fingerprint density at radius 1 is 1.12 bits per heavy atom. The summed E-state index contributed by atoms with van der Waals surface area (Å²) in [7, 11) is -3.68. The van der Waals surface area contributed by atoms with E-state index < -0.39 is 10.2 Å². The van der Waals surface area contributed by atoms with Gasteiger partial charge in [-0.1, -0.05) is 64.8 Å². The highest BCUT2D eigenvalue weighted by Gasteiger charge is 2.17. The average Bonchev–Trinajstić information content (AvgIpc) is 3.25. The average molecular weight is 538 g/mol. The zero-order valence-electron chi connectivity index (χ0n) is 17.3. The van der Waals surface area contributed by atoms with Gasteiger partial charge in [0.2, 0.25) is 0 Å². The molecule has 1 atom stereocenters. The molecule has 4 N–H and O–H groups in total. The topological polar surface area (TPSA) is 114 Å². The number of rotatable bonds is 12. The molecule has 0 aliphatic rings. The van der Waals surface area contributed by atoms with E-state index in [1.807, 2.05) is 47.8 Å². The highest BCUT2D eigenvalue weighted by Crippen LogP contribution is 2.29. The molecule has 0 fully saturated rings. The number of hydrogen-bond acceptors (Lipinski definition) is 6. The Bertz CT molecular complexity index is 1140. The second-order valence-electron chi connectivity index (χ2n) is 7.25. The predicted molar refractivity (Wildman–Crippen MR) is 132 cm³/mol. The molecular formula is C22H25BrN4O3S2. The molecule has 0 bridgehead atoms. The lowest BCUT2D eigenvalue weighted by atomic mass is 10.1. The number of carbonyl (C=O) groups is 1. The van der Waals surface area contributed by atoms with E-state index in [2.05, 4.69) is 26.0 Å². The summed E-state index contributed by atoms with van der Waals surface area (Å²) in [6.07, 6.45) is 2.07. The Hall–Kier alpha value is -1.95. The van der Waals surface area contributed by atoms with Crippen LogP contribution in [0.4, 0.5) is 0 Å². The Morgan fingerprint density at radius 2 is 1.91 bits per heavy atom. The standard InChI is InChI=1S/C22H25BrN4O3S2/c23-18-10-6-9-17(13-18)22-27-20(15-31-22)19(11-4-5-12-26-32(24,29)30)25-14-21(28)16-7-2-1-3-8-16/h1-3,6-10,13,15,19,25-26H,4-5,11-12,14H2,(H2,24,29,30). The van der Waals surface area contributed by atoms with Gasteiger partial charge in [0.25, 0.3) is 10.2 Å². The molecule has 2 aromatic carbocycles. The van der Waals surface area contributed by atoms with Crippen molar-refractivity contribution in [1.82, 2.24) is 15.0 Å². The summed E-state index contributed by atoms with van der Waals surface area (Å²) in [5, 5.41) is 11.2. The van der Waals surface area contributed by atoms with Crippen molar-refractivity contribution in [2.45, 2.75) is 25.3 Å². The molecule has 0 saturated heterocycles. The molecule has 7 nitrogen and oxygen atoms in total. The molecule has 170 valence electrons. The number of aromatic nitrogens is 1. The van der Waals surface area contributed by atoms with Crippen molar-refractivity contribution >= 4 is 43.3 Å². The lowest BCUT2D eigenvalue weighted by molar-refractivity contribution is 0.0986. The zero-order valence-corrected chi connectivity index (χ0v) is 20.5. The Morgan fingerprint density at radius 3 is 2.62 bits per heavy atom. The smallest absolute Gasteiger partial charge is 0.274 e. The molecule has 0 saturated carbocycles. The molecule has 0 aliphatic carbocycles. The first kappa shape index (κ1) is 24.7. The van der Waals surface area contributed by atoms with Crippen LogP contribution in [0.5, 0.6) is 0 Å². The minimum absolute atomic E-state index is 0.00827. The first-order valence-corrected chi connectivity index (χ1v) is 13.3. The summed E-state index contributed by atoms with van der Waals surface area (Å²) in [6.45, 7) is 0.461. The van der Waals surface area contributed by atoms with Gasteiger partial charge in [0.05, 0.1) is 18.3 Å². The molecule has 3 aromatic rings. The number of carbonyl (C=O) groups excluding carboxylic acids is 1. The van der Waals surface area contributed by atoms with Crippen molar-refractivity contribution in [1.29, 1.82) is 0 Å². The maximum atomic E-state index is 12.6. The van der Waals surface area contributed by atoms with Crippen molar-refractivity contribution in [3.63, 3.8) is 0 Å². The van der Waals surface area contributed by atoms with Crippen LogP contribution in [0.15, 0.2) is 64.5 Å². The molecular weight excluding hydrogens is 512 g/mol. The van der Waals surface area contributed by atoms with Crippen LogP contribution in [0.2, 0.25) is 0 Å². The largest absolute Gasteiger partial charge is 0.301 e. The van der Waals surface area contributed by atoms with Gasteiger partial charge in [0, 0.05) is 27.5 Å². The number of nitrogens with two attached hydrogens (primary N) is 1. The van der Waals surface area contributed by atoms with Crippen LogP contribution in [0, 0.1) is 0 Å². The van der Waals surface area contributed by atoms with Crippen LogP contribution in [-0.2, 0) is 10.2 Å². The van der Waals surface area contributed by atoms with Crippen molar-refractivity contribution in [3.05, 3.63) is 75.7 Å². The van der Waals surface area contributed by atoms with E-state index in [9.17, 15) is 13.2 Å². The molecule has 0 radical (unpaired) electrons. The van der Waals surface area contributed by atoms with Crippen molar-refractivity contribution in [3.8, 4) is 10.6 Å². The number of unbranched alkanes of at least 4 members (excludes halogenated alkanes) is 1. The van der Waals surface area contributed by atoms with Gasteiger partial charge in [-0.2, -0.15) is 8.42 Å². The lowest BCUT2D eigenvalue weighted by Crippen LogP contribution is -2.31. The fourth-order valence-electron chi connectivity index (χ4n) is 3.18. The first-order chi connectivity index (χ1) is 15.3. The fraction of sp³-hybridized carbons (Fsp3) is 0.273. The van der Waals surface area contributed by atoms with Crippen LogP contribution in [-0.4, -0.2) is 32.3 Å². The number of hydrogen-bond donors (Lipinski definition) is 3. The molecule has 32 heavy (non-hydrogen) atoms. The minimum Gasteiger partial charge on any atom is -0.301 e. The molecule has 3 rings (SSSR count). The van der Waals surface area contributed by atoms with Crippen LogP contribution in [0.25, 0.3) is 10.6 Å². The highest BCUT2D eigenvalue weighted by atomic mass is 79.9. The van der Waals surface area contributed by atoms with Crippen LogP contribution >= 0.6 is 27.3 Å². The summed E-state index contributed by atoms with van der Waals surface area (Å²) >= 11 is 5.04. The van der Waals surface area contributed by atoms with Gasteiger partial charge < -0.3 is 5.32 Å². The van der Waals surface area contributed by atoms with Crippen LogP contribution < -0.4 is 15.2 Å². The quantitative estimate of drug-likeness (QED) is 0.238. The number of benzene rings is 2. The Balaban J connectivity index is 1.67. The molecule has 0 spiro atoms.